The van der Waals surface area contributed by atoms with Crippen LogP contribution in [0.15, 0.2) is 0 Å². The Hall–Kier alpha value is 0.440. The van der Waals surface area contributed by atoms with Gasteiger partial charge in [-0.15, -0.1) is 0 Å². The predicted octanol–water partition coefficient (Wildman–Crippen LogP) is 1.51. The second-order valence-corrected chi connectivity index (χ2v) is 3.89. The lowest BCUT2D eigenvalue weighted by atomic mass is 10.1. The third-order valence-corrected chi connectivity index (χ3v) is 2.05. The van der Waals surface area contributed by atoms with Crippen LogP contribution in [0.1, 0.15) is 20.3 Å². The normalized spacial score (nSPS) is 18.9. The van der Waals surface area contributed by atoms with Crippen LogP contribution in [-0.2, 0) is 0 Å². The highest BCUT2D eigenvalue weighted by Crippen LogP contribution is 2.18. The second-order valence-electron chi connectivity index (χ2n) is 1.97. The van der Waals surface area contributed by atoms with E-state index in [4.69, 9.17) is 5.73 Å². The second kappa shape index (κ2) is 2.68. The summed E-state index contributed by atoms with van der Waals surface area (Å²) in [5.41, 5.74) is 5.37. The van der Waals surface area contributed by atoms with Crippen LogP contribution in [0.3, 0.4) is 0 Å². The van der Waals surface area contributed by atoms with E-state index < -0.39 is 0 Å². The molecule has 0 saturated heterocycles. The molecule has 0 aromatic rings. The molecule has 0 saturated carbocycles. The molecule has 0 radical (unpaired) electrons. The van der Waals surface area contributed by atoms with E-state index in [0.717, 1.165) is 6.42 Å². The van der Waals surface area contributed by atoms with Crippen molar-refractivity contribution in [2.75, 3.05) is 6.54 Å². The Morgan fingerprint density at radius 1 is 1.71 bits per heavy atom. The third-order valence-electron chi connectivity index (χ3n) is 1.16. The fourth-order valence-electron chi connectivity index (χ4n) is 0.144. The van der Waals surface area contributed by atoms with Crippen LogP contribution >= 0.6 is 15.9 Å². The minimum Gasteiger partial charge on any atom is -0.329 e. The Bertz CT molecular complexity index is 46.0. The highest BCUT2D eigenvalue weighted by Gasteiger charge is 2.12. The lowest BCUT2D eigenvalue weighted by Gasteiger charge is -2.15. The van der Waals surface area contributed by atoms with Crippen molar-refractivity contribution in [3.8, 4) is 0 Å². The molecule has 0 aliphatic heterocycles. The van der Waals surface area contributed by atoms with Gasteiger partial charge in [-0.25, -0.2) is 0 Å². The molecule has 0 amide bonds. The topological polar surface area (TPSA) is 26.0 Å². The average Bonchev–Trinajstić information content (AvgIpc) is 1.68. The lowest BCUT2D eigenvalue weighted by Crippen LogP contribution is -2.25. The summed E-state index contributed by atoms with van der Waals surface area (Å²) in [6.45, 7) is 4.91. The van der Waals surface area contributed by atoms with Gasteiger partial charge in [-0.3, -0.25) is 0 Å². The van der Waals surface area contributed by atoms with Crippen molar-refractivity contribution >= 4 is 15.9 Å². The predicted molar refractivity (Wildman–Crippen MR) is 36.7 cm³/mol. The molecule has 0 aromatic heterocycles. The van der Waals surface area contributed by atoms with E-state index in [0.29, 0.717) is 6.54 Å². The maximum absolute atomic E-state index is 5.37. The Morgan fingerprint density at radius 2 is 2.14 bits per heavy atom. The van der Waals surface area contributed by atoms with Crippen LogP contribution in [-0.4, -0.2) is 10.9 Å². The van der Waals surface area contributed by atoms with Crippen molar-refractivity contribution in [3.63, 3.8) is 0 Å². The van der Waals surface area contributed by atoms with Gasteiger partial charge in [0, 0.05) is 10.9 Å². The summed E-state index contributed by atoms with van der Waals surface area (Å²) in [5, 5.41) is 0. The maximum Gasteiger partial charge on any atom is 0.0349 e. The van der Waals surface area contributed by atoms with Crippen LogP contribution in [0, 0.1) is 0 Å². The van der Waals surface area contributed by atoms with Gasteiger partial charge in [0.1, 0.15) is 0 Å². The first kappa shape index (κ1) is 7.44. The molecule has 7 heavy (non-hydrogen) atoms. The summed E-state index contributed by atoms with van der Waals surface area (Å²) in [7, 11) is 0. The van der Waals surface area contributed by atoms with Crippen molar-refractivity contribution in [2.45, 2.75) is 24.6 Å². The molecular weight excluding hydrogens is 154 g/mol. The smallest absolute Gasteiger partial charge is 0.0349 e. The zero-order valence-electron chi connectivity index (χ0n) is 4.87. The van der Waals surface area contributed by atoms with Crippen molar-refractivity contribution in [2.24, 2.45) is 5.73 Å². The maximum atomic E-state index is 5.37. The summed E-state index contributed by atoms with van der Waals surface area (Å²) in [5.74, 6) is 0. The highest BCUT2D eigenvalue weighted by molar-refractivity contribution is 9.10. The number of halogens is 1. The van der Waals surface area contributed by atoms with E-state index >= 15 is 0 Å². The van der Waals surface area contributed by atoms with Crippen molar-refractivity contribution < 1.29 is 0 Å². The molecule has 0 fully saturated rings. The summed E-state index contributed by atoms with van der Waals surface area (Å²) < 4.78 is 0.174. The zero-order chi connectivity index (χ0) is 5.91. The van der Waals surface area contributed by atoms with Gasteiger partial charge in [-0.2, -0.15) is 0 Å². The minimum atomic E-state index is 0.174. The van der Waals surface area contributed by atoms with Gasteiger partial charge in [0.25, 0.3) is 0 Å². The average molecular weight is 166 g/mol. The van der Waals surface area contributed by atoms with Crippen LogP contribution < -0.4 is 5.73 Å². The molecule has 2 heteroatoms. The van der Waals surface area contributed by atoms with E-state index in [9.17, 15) is 0 Å². The monoisotopic (exact) mass is 165 g/mol. The summed E-state index contributed by atoms with van der Waals surface area (Å²) >= 11 is 3.45. The Labute approximate surface area is 53.4 Å². The van der Waals surface area contributed by atoms with Crippen molar-refractivity contribution in [1.29, 1.82) is 0 Å². The molecule has 1 unspecified atom stereocenters. The lowest BCUT2D eigenvalue weighted by molar-refractivity contribution is 0.645. The Balaban J connectivity index is 3.36. The molecular formula is C5H12BrN. The molecule has 0 bridgehead atoms. The fourth-order valence-corrected chi connectivity index (χ4v) is 0.144. The van der Waals surface area contributed by atoms with Crippen molar-refractivity contribution in [1.82, 2.24) is 0 Å². The molecule has 0 aliphatic carbocycles. The van der Waals surface area contributed by atoms with E-state index in [2.05, 4.69) is 29.8 Å². The summed E-state index contributed by atoms with van der Waals surface area (Å²) in [6.07, 6.45) is 1.09. The molecule has 0 heterocycles. The van der Waals surface area contributed by atoms with Gasteiger partial charge in [-0.05, 0) is 13.3 Å². The first-order chi connectivity index (χ1) is 3.12. The molecule has 1 nitrogen and oxygen atoms in total. The SMILES string of the molecule is CCC(C)(Br)CN. The molecule has 0 aliphatic rings. The van der Waals surface area contributed by atoms with Crippen LogP contribution in [0.4, 0.5) is 0 Å². The molecule has 0 aromatic carbocycles. The number of alkyl halides is 1. The highest BCUT2D eigenvalue weighted by atomic mass is 79.9. The van der Waals surface area contributed by atoms with E-state index in [1.54, 1.807) is 0 Å². The van der Waals surface area contributed by atoms with Gasteiger partial charge in [0.15, 0.2) is 0 Å². The van der Waals surface area contributed by atoms with E-state index in [-0.39, 0.29) is 4.32 Å². The first-order valence-corrected chi connectivity index (χ1v) is 3.30. The molecule has 0 spiro atoms. The summed E-state index contributed by atoms with van der Waals surface area (Å²) in [6, 6.07) is 0. The van der Waals surface area contributed by atoms with Gasteiger partial charge in [0.05, 0.1) is 0 Å². The minimum absolute atomic E-state index is 0.174. The zero-order valence-corrected chi connectivity index (χ0v) is 6.46. The number of nitrogens with two attached hydrogens (primary N) is 1. The molecule has 44 valence electrons. The standard InChI is InChI=1S/C5H12BrN/c1-3-5(2,6)4-7/h3-4,7H2,1-2H3. The van der Waals surface area contributed by atoms with Gasteiger partial charge >= 0.3 is 0 Å². The van der Waals surface area contributed by atoms with E-state index in [1.165, 1.54) is 0 Å². The number of hydrogen-bond acceptors (Lipinski definition) is 1. The van der Waals surface area contributed by atoms with Gasteiger partial charge in [-0.1, -0.05) is 22.9 Å². The first-order valence-electron chi connectivity index (χ1n) is 2.51. The van der Waals surface area contributed by atoms with Crippen LogP contribution in [0.2, 0.25) is 0 Å². The van der Waals surface area contributed by atoms with E-state index in [1.807, 2.05) is 0 Å². The number of hydrogen-bond donors (Lipinski definition) is 1. The van der Waals surface area contributed by atoms with Crippen molar-refractivity contribution in [3.05, 3.63) is 0 Å². The molecule has 0 rings (SSSR count). The largest absolute Gasteiger partial charge is 0.329 e. The molecule has 1 atom stereocenters. The Morgan fingerprint density at radius 3 is 2.14 bits per heavy atom. The van der Waals surface area contributed by atoms with Crippen LogP contribution in [0.25, 0.3) is 0 Å². The quantitative estimate of drug-likeness (QED) is 0.618. The van der Waals surface area contributed by atoms with Crippen LogP contribution in [0.5, 0.6) is 0 Å². The third kappa shape index (κ3) is 3.06. The fraction of sp³-hybridized carbons (Fsp3) is 1.00. The Kier molecular flexibility index (Phi) is 2.84. The number of rotatable bonds is 2. The summed E-state index contributed by atoms with van der Waals surface area (Å²) in [4.78, 5) is 0. The van der Waals surface area contributed by atoms with Gasteiger partial charge < -0.3 is 5.73 Å². The molecule has 2 N–H and O–H groups in total. The van der Waals surface area contributed by atoms with Gasteiger partial charge in [0.2, 0.25) is 0 Å².